The fraction of sp³-hybridized carbons (Fsp3) is 0.700. The summed E-state index contributed by atoms with van der Waals surface area (Å²) >= 11 is 0. The number of aromatic nitrogens is 2. The molecule has 0 unspecified atom stereocenters. The molecule has 1 amide bonds. The fourth-order valence-electron chi connectivity index (χ4n) is 4.28. The number of amides is 1. The van der Waals surface area contributed by atoms with Gasteiger partial charge in [-0.05, 0) is 19.4 Å². The number of likely N-dealkylation sites (N-methyl/N-ethyl adjacent to an activating group) is 1. The van der Waals surface area contributed by atoms with Gasteiger partial charge in [-0.15, -0.1) is 0 Å². The summed E-state index contributed by atoms with van der Waals surface area (Å²) in [4.78, 5) is 34.2. The summed E-state index contributed by atoms with van der Waals surface area (Å²) in [6, 6.07) is 0.611. The number of hydrogen-bond donors (Lipinski definition) is 4. The van der Waals surface area contributed by atoms with Gasteiger partial charge in [-0.2, -0.15) is 5.10 Å². The molecule has 4 heterocycles. The van der Waals surface area contributed by atoms with E-state index >= 15 is 0 Å². The molecule has 1 aromatic rings. The first-order valence-corrected chi connectivity index (χ1v) is 10.4. The van der Waals surface area contributed by atoms with Crippen molar-refractivity contribution in [1.82, 2.24) is 25.3 Å². The number of aromatic amines is 1. The molecule has 0 aliphatic carbocycles. The number of nitrogens with one attached hydrogen (secondary N) is 2. The van der Waals surface area contributed by atoms with Gasteiger partial charge in [0.2, 0.25) is 0 Å². The summed E-state index contributed by atoms with van der Waals surface area (Å²) in [6.07, 6.45) is 2.20. The topological polar surface area (TPSA) is 148 Å². The SMILES string of the molecule is CC(C)[C@H]1CN2C[C@@H](NC(=O)c3n[nH]c4c3CN(C)CC4)C[C@H]2CO1.O=CO.O=CO. The summed E-state index contributed by atoms with van der Waals surface area (Å²) in [5.74, 6) is 0.487. The second-order valence-corrected chi connectivity index (χ2v) is 8.36. The van der Waals surface area contributed by atoms with Crippen molar-refractivity contribution in [1.29, 1.82) is 0 Å². The van der Waals surface area contributed by atoms with Gasteiger partial charge in [0.1, 0.15) is 0 Å². The zero-order chi connectivity index (χ0) is 23.0. The molecule has 3 aliphatic rings. The van der Waals surface area contributed by atoms with E-state index < -0.39 is 0 Å². The van der Waals surface area contributed by atoms with E-state index in [0.29, 0.717) is 23.8 Å². The summed E-state index contributed by atoms with van der Waals surface area (Å²) in [7, 11) is 2.08. The van der Waals surface area contributed by atoms with E-state index in [-0.39, 0.29) is 24.9 Å². The lowest BCUT2D eigenvalue weighted by molar-refractivity contribution is -0.123. The Labute approximate surface area is 181 Å². The van der Waals surface area contributed by atoms with Crippen molar-refractivity contribution in [3.63, 3.8) is 0 Å². The smallest absolute Gasteiger partial charge is 0.290 e. The van der Waals surface area contributed by atoms with E-state index in [0.717, 1.165) is 56.9 Å². The average molecular weight is 440 g/mol. The Balaban J connectivity index is 0.000000513. The molecule has 0 saturated carbocycles. The lowest BCUT2D eigenvalue weighted by atomic mass is 10.0. The second-order valence-electron chi connectivity index (χ2n) is 8.36. The molecule has 11 heteroatoms. The number of fused-ring (bicyclic) bond motifs is 2. The Kier molecular flexibility index (Phi) is 9.41. The van der Waals surface area contributed by atoms with Crippen LogP contribution in [0.5, 0.6) is 0 Å². The molecule has 0 radical (unpaired) electrons. The monoisotopic (exact) mass is 439 g/mol. The highest BCUT2D eigenvalue weighted by atomic mass is 16.5. The van der Waals surface area contributed by atoms with E-state index in [4.69, 9.17) is 24.5 Å². The molecule has 0 spiro atoms. The zero-order valence-corrected chi connectivity index (χ0v) is 18.3. The number of ether oxygens (including phenoxy) is 1. The molecule has 3 aliphatic heterocycles. The van der Waals surface area contributed by atoms with Crippen molar-refractivity contribution in [3.8, 4) is 0 Å². The number of hydrogen-bond acceptors (Lipinski definition) is 7. The van der Waals surface area contributed by atoms with Crippen molar-refractivity contribution in [2.24, 2.45) is 5.92 Å². The quantitative estimate of drug-likeness (QED) is 0.479. The van der Waals surface area contributed by atoms with E-state index in [9.17, 15) is 4.79 Å². The molecular weight excluding hydrogens is 406 g/mol. The lowest BCUT2D eigenvalue weighted by Gasteiger charge is -2.36. The Bertz CT molecular complexity index is 734. The molecule has 0 bridgehead atoms. The number of rotatable bonds is 3. The Morgan fingerprint density at radius 1 is 1.29 bits per heavy atom. The van der Waals surface area contributed by atoms with E-state index in [2.05, 4.69) is 46.2 Å². The lowest BCUT2D eigenvalue weighted by Crippen LogP contribution is -2.48. The predicted octanol–water partition coefficient (Wildman–Crippen LogP) is 0.0267. The second kappa shape index (κ2) is 11.8. The highest BCUT2D eigenvalue weighted by molar-refractivity contribution is 5.94. The molecule has 0 aromatic carbocycles. The molecule has 2 fully saturated rings. The van der Waals surface area contributed by atoms with Crippen LogP contribution in [0.15, 0.2) is 0 Å². The summed E-state index contributed by atoms with van der Waals surface area (Å²) in [6.45, 7) is 8.37. The first-order chi connectivity index (χ1) is 14.8. The van der Waals surface area contributed by atoms with Crippen LogP contribution in [0.3, 0.4) is 0 Å². The number of carboxylic acid groups (broad SMARTS) is 2. The van der Waals surface area contributed by atoms with Crippen LogP contribution in [0, 0.1) is 5.92 Å². The maximum atomic E-state index is 12.8. The van der Waals surface area contributed by atoms with Crippen molar-refractivity contribution in [2.45, 2.75) is 51.4 Å². The summed E-state index contributed by atoms with van der Waals surface area (Å²) in [5, 5.41) is 24.3. The number of H-pyrrole nitrogens is 1. The average Bonchev–Trinajstić information content (AvgIpc) is 3.31. The Morgan fingerprint density at radius 3 is 2.61 bits per heavy atom. The third kappa shape index (κ3) is 6.49. The van der Waals surface area contributed by atoms with Crippen LogP contribution in [0.25, 0.3) is 0 Å². The predicted molar refractivity (Wildman–Crippen MR) is 112 cm³/mol. The highest BCUT2D eigenvalue weighted by Crippen LogP contribution is 2.26. The standard InChI is InChI=1S/C18H29N5O2.2CH2O2/c1-11(2)16-9-23-7-12(6-13(23)10-25-16)19-18(24)17-14-8-22(3)5-4-15(14)20-21-17;2*2-1-3/h11-13,16H,4-10H2,1-3H3,(H,19,24)(H,20,21);2*1H,(H,2,3)/t12-,13-,16+;;/m0../s1. The normalized spacial score (nSPS) is 25.2. The van der Waals surface area contributed by atoms with Gasteiger partial charge in [-0.3, -0.25) is 24.4 Å². The van der Waals surface area contributed by atoms with Crippen LogP contribution in [0.4, 0.5) is 0 Å². The fourth-order valence-corrected chi connectivity index (χ4v) is 4.28. The van der Waals surface area contributed by atoms with Crippen LogP contribution >= 0.6 is 0 Å². The molecule has 31 heavy (non-hydrogen) atoms. The van der Waals surface area contributed by atoms with E-state index in [1.54, 1.807) is 0 Å². The summed E-state index contributed by atoms with van der Waals surface area (Å²) in [5.41, 5.74) is 2.74. The third-order valence-corrected chi connectivity index (χ3v) is 5.86. The Hall–Kier alpha value is -2.50. The minimum Gasteiger partial charge on any atom is -0.483 e. The van der Waals surface area contributed by atoms with Gasteiger partial charge in [0.15, 0.2) is 5.69 Å². The van der Waals surface area contributed by atoms with Crippen LogP contribution in [0.1, 0.15) is 42.0 Å². The molecule has 4 rings (SSSR count). The molecule has 1 aromatic heterocycles. The van der Waals surface area contributed by atoms with Crippen LogP contribution < -0.4 is 5.32 Å². The van der Waals surface area contributed by atoms with Gasteiger partial charge >= 0.3 is 0 Å². The first-order valence-electron chi connectivity index (χ1n) is 10.4. The summed E-state index contributed by atoms with van der Waals surface area (Å²) < 4.78 is 5.99. The zero-order valence-electron chi connectivity index (χ0n) is 18.3. The minimum absolute atomic E-state index is 0.0426. The van der Waals surface area contributed by atoms with Gasteiger partial charge in [-0.1, -0.05) is 13.8 Å². The Morgan fingerprint density at radius 2 is 1.97 bits per heavy atom. The van der Waals surface area contributed by atoms with Crippen LogP contribution in [-0.4, -0.2) is 101 Å². The van der Waals surface area contributed by atoms with Crippen molar-refractivity contribution >= 4 is 18.9 Å². The number of morpholine rings is 1. The highest BCUT2D eigenvalue weighted by Gasteiger charge is 2.39. The maximum Gasteiger partial charge on any atom is 0.290 e. The van der Waals surface area contributed by atoms with Gasteiger partial charge in [0.25, 0.3) is 18.9 Å². The molecule has 174 valence electrons. The van der Waals surface area contributed by atoms with Crippen molar-refractivity contribution in [3.05, 3.63) is 17.0 Å². The number of carbonyl (C=O) groups is 3. The molecule has 11 nitrogen and oxygen atoms in total. The van der Waals surface area contributed by atoms with Crippen molar-refractivity contribution in [2.75, 3.05) is 33.3 Å². The first kappa shape index (κ1) is 24.8. The van der Waals surface area contributed by atoms with Crippen LogP contribution in [0.2, 0.25) is 0 Å². The van der Waals surface area contributed by atoms with Gasteiger partial charge in [-0.25, -0.2) is 0 Å². The number of nitrogens with zero attached hydrogens (tertiary/aromatic N) is 3. The number of carbonyl (C=O) groups excluding carboxylic acids is 1. The van der Waals surface area contributed by atoms with Crippen LogP contribution in [-0.2, 0) is 27.3 Å². The minimum atomic E-state index is -0.250. The molecule has 2 saturated heterocycles. The largest absolute Gasteiger partial charge is 0.483 e. The third-order valence-electron chi connectivity index (χ3n) is 5.86. The molecular formula is C20H33N5O6. The maximum absolute atomic E-state index is 12.8. The molecule has 3 atom stereocenters. The van der Waals surface area contributed by atoms with Gasteiger partial charge < -0.3 is 25.2 Å². The van der Waals surface area contributed by atoms with E-state index in [1.165, 1.54) is 0 Å². The molecule has 4 N–H and O–H groups in total. The van der Waals surface area contributed by atoms with E-state index in [1.807, 2.05) is 0 Å². The van der Waals surface area contributed by atoms with Crippen molar-refractivity contribution < 1.29 is 29.3 Å². The van der Waals surface area contributed by atoms with Gasteiger partial charge in [0, 0.05) is 55.9 Å². The van der Waals surface area contributed by atoms with Gasteiger partial charge in [0.05, 0.1) is 12.7 Å².